The van der Waals surface area contributed by atoms with Crippen molar-refractivity contribution in [3.63, 3.8) is 0 Å². The average Bonchev–Trinajstić information content (AvgIpc) is 3.02. The summed E-state index contributed by atoms with van der Waals surface area (Å²) in [5.41, 5.74) is 3.52. The van der Waals surface area contributed by atoms with Crippen LogP contribution in [0.5, 0.6) is 11.5 Å². The summed E-state index contributed by atoms with van der Waals surface area (Å²) < 4.78 is 10.8. The van der Waals surface area contributed by atoms with Gasteiger partial charge in [-0.1, -0.05) is 17.7 Å². The Morgan fingerprint density at radius 2 is 1.93 bits per heavy atom. The van der Waals surface area contributed by atoms with Crippen molar-refractivity contribution < 1.29 is 14.3 Å². The van der Waals surface area contributed by atoms with Crippen LogP contribution in [0.25, 0.3) is 0 Å². The molecule has 0 radical (unpaired) electrons. The molecule has 29 heavy (non-hydrogen) atoms. The number of carbonyl (C=O) groups is 1. The standard InChI is InChI=1S/C22H20ClN3O3/c1-13-10-18(19(29-3)12-17(13)23)25-21-20-16(8-5-9-24-20)22(27)26(21)14-6-4-7-15(11-14)28-2/h4-12,21,25H,1-3H3. The van der Waals surface area contributed by atoms with Gasteiger partial charge in [-0.2, -0.15) is 0 Å². The van der Waals surface area contributed by atoms with Crippen LogP contribution < -0.4 is 19.7 Å². The van der Waals surface area contributed by atoms with Crippen LogP contribution in [0.1, 0.15) is 27.8 Å². The second-order valence-corrected chi connectivity index (χ2v) is 7.07. The minimum atomic E-state index is -0.514. The highest BCUT2D eigenvalue weighted by Crippen LogP contribution is 2.40. The van der Waals surface area contributed by atoms with Crippen molar-refractivity contribution in [1.29, 1.82) is 0 Å². The van der Waals surface area contributed by atoms with Gasteiger partial charge in [0.05, 0.1) is 36.9 Å². The van der Waals surface area contributed by atoms with Gasteiger partial charge >= 0.3 is 0 Å². The number of aryl methyl sites for hydroxylation is 1. The molecule has 1 N–H and O–H groups in total. The van der Waals surface area contributed by atoms with Crippen LogP contribution in [-0.2, 0) is 0 Å². The van der Waals surface area contributed by atoms with Crippen LogP contribution in [0.3, 0.4) is 0 Å². The molecule has 0 spiro atoms. The molecular formula is C22H20ClN3O3. The maximum atomic E-state index is 13.2. The molecule has 0 fully saturated rings. The summed E-state index contributed by atoms with van der Waals surface area (Å²) in [5, 5.41) is 4.03. The molecule has 1 aliphatic heterocycles. The predicted octanol–water partition coefficient (Wildman–Crippen LogP) is 4.83. The Labute approximate surface area is 174 Å². The minimum absolute atomic E-state index is 0.136. The highest BCUT2D eigenvalue weighted by atomic mass is 35.5. The molecule has 6 nitrogen and oxygen atoms in total. The Morgan fingerprint density at radius 3 is 2.69 bits per heavy atom. The Bertz CT molecular complexity index is 1090. The molecule has 148 valence electrons. The van der Waals surface area contributed by atoms with Gasteiger partial charge < -0.3 is 14.8 Å². The smallest absolute Gasteiger partial charge is 0.262 e. The topological polar surface area (TPSA) is 63.7 Å². The van der Waals surface area contributed by atoms with Crippen molar-refractivity contribution in [2.24, 2.45) is 0 Å². The number of nitrogens with one attached hydrogen (secondary N) is 1. The van der Waals surface area contributed by atoms with E-state index in [0.29, 0.717) is 33.5 Å². The SMILES string of the molecule is COc1cccc(N2C(=O)c3cccnc3C2Nc2cc(C)c(Cl)cc2OC)c1. The van der Waals surface area contributed by atoms with E-state index >= 15 is 0 Å². The molecule has 3 aromatic rings. The zero-order chi connectivity index (χ0) is 20.5. The first-order valence-electron chi connectivity index (χ1n) is 9.06. The third kappa shape index (κ3) is 3.36. The lowest BCUT2D eigenvalue weighted by molar-refractivity contribution is 0.0993. The van der Waals surface area contributed by atoms with E-state index in [1.54, 1.807) is 43.5 Å². The van der Waals surface area contributed by atoms with Crippen LogP contribution in [0.4, 0.5) is 11.4 Å². The lowest BCUT2D eigenvalue weighted by atomic mass is 10.1. The molecule has 0 saturated heterocycles. The number of nitrogens with zero attached hydrogens (tertiary/aromatic N) is 2. The van der Waals surface area contributed by atoms with Gasteiger partial charge in [0.2, 0.25) is 0 Å². The number of hydrogen-bond donors (Lipinski definition) is 1. The number of hydrogen-bond acceptors (Lipinski definition) is 5. The van der Waals surface area contributed by atoms with E-state index in [-0.39, 0.29) is 5.91 Å². The molecule has 0 aliphatic carbocycles. The van der Waals surface area contributed by atoms with Gasteiger partial charge in [0.25, 0.3) is 5.91 Å². The lowest BCUT2D eigenvalue weighted by Gasteiger charge is -2.27. The summed E-state index contributed by atoms with van der Waals surface area (Å²) >= 11 is 6.24. The van der Waals surface area contributed by atoms with E-state index in [1.165, 1.54) is 0 Å². The number of aromatic nitrogens is 1. The second kappa shape index (κ2) is 7.64. The third-order valence-corrected chi connectivity index (χ3v) is 5.32. The molecule has 0 bridgehead atoms. The second-order valence-electron chi connectivity index (χ2n) is 6.66. The molecule has 0 saturated carbocycles. The van der Waals surface area contributed by atoms with Crippen molar-refractivity contribution in [3.8, 4) is 11.5 Å². The van der Waals surface area contributed by atoms with Gasteiger partial charge in [-0.25, -0.2) is 0 Å². The summed E-state index contributed by atoms with van der Waals surface area (Å²) in [6, 6.07) is 14.6. The first kappa shape index (κ1) is 19.1. The largest absolute Gasteiger partial charge is 0.497 e. The first-order chi connectivity index (χ1) is 14.0. The molecule has 1 aliphatic rings. The van der Waals surface area contributed by atoms with E-state index in [9.17, 15) is 4.79 Å². The molecule has 1 aromatic heterocycles. The number of benzene rings is 2. The Kier molecular flexibility index (Phi) is 5.03. The monoisotopic (exact) mass is 409 g/mol. The van der Waals surface area contributed by atoms with Gasteiger partial charge in [0.15, 0.2) is 6.17 Å². The summed E-state index contributed by atoms with van der Waals surface area (Å²) in [4.78, 5) is 19.4. The van der Waals surface area contributed by atoms with Crippen LogP contribution in [0, 0.1) is 6.92 Å². The molecular weight excluding hydrogens is 390 g/mol. The zero-order valence-electron chi connectivity index (χ0n) is 16.3. The highest BCUT2D eigenvalue weighted by molar-refractivity contribution is 6.31. The van der Waals surface area contributed by atoms with E-state index in [2.05, 4.69) is 10.3 Å². The number of ether oxygens (including phenoxy) is 2. The van der Waals surface area contributed by atoms with Crippen molar-refractivity contribution >= 4 is 28.9 Å². The number of rotatable bonds is 5. The molecule has 4 rings (SSSR count). The van der Waals surface area contributed by atoms with Crippen LogP contribution in [0.15, 0.2) is 54.7 Å². The van der Waals surface area contributed by atoms with Crippen molar-refractivity contribution in [2.45, 2.75) is 13.1 Å². The Morgan fingerprint density at radius 1 is 1.10 bits per heavy atom. The van der Waals surface area contributed by atoms with Crippen LogP contribution in [0.2, 0.25) is 5.02 Å². The number of amides is 1. The van der Waals surface area contributed by atoms with Crippen molar-refractivity contribution in [3.05, 3.63) is 76.6 Å². The van der Waals surface area contributed by atoms with E-state index < -0.39 is 6.17 Å². The van der Waals surface area contributed by atoms with Crippen molar-refractivity contribution in [1.82, 2.24) is 4.98 Å². The molecule has 2 aromatic carbocycles. The van der Waals surface area contributed by atoms with E-state index in [4.69, 9.17) is 21.1 Å². The molecule has 2 heterocycles. The molecule has 1 unspecified atom stereocenters. The fourth-order valence-corrected chi connectivity index (χ4v) is 3.59. The fourth-order valence-electron chi connectivity index (χ4n) is 3.44. The number of methoxy groups -OCH3 is 2. The summed E-state index contributed by atoms with van der Waals surface area (Å²) in [6.07, 6.45) is 1.17. The van der Waals surface area contributed by atoms with E-state index in [1.807, 2.05) is 37.3 Å². The predicted molar refractivity (Wildman–Crippen MR) is 113 cm³/mol. The van der Waals surface area contributed by atoms with Gasteiger partial charge in [0, 0.05) is 23.4 Å². The van der Waals surface area contributed by atoms with Gasteiger partial charge in [-0.3, -0.25) is 14.7 Å². The molecule has 1 amide bonds. The zero-order valence-corrected chi connectivity index (χ0v) is 17.0. The number of halogens is 1. The Balaban J connectivity index is 1.82. The van der Waals surface area contributed by atoms with Crippen LogP contribution in [-0.4, -0.2) is 25.1 Å². The maximum absolute atomic E-state index is 13.2. The lowest BCUT2D eigenvalue weighted by Crippen LogP contribution is -2.32. The number of fused-ring (bicyclic) bond motifs is 1. The number of carbonyl (C=O) groups excluding carboxylic acids is 1. The first-order valence-corrected chi connectivity index (χ1v) is 9.44. The van der Waals surface area contributed by atoms with Gasteiger partial charge in [-0.05, 0) is 42.8 Å². The third-order valence-electron chi connectivity index (χ3n) is 4.91. The quantitative estimate of drug-likeness (QED) is 0.653. The minimum Gasteiger partial charge on any atom is -0.497 e. The summed E-state index contributed by atoms with van der Waals surface area (Å²) in [6.45, 7) is 1.92. The van der Waals surface area contributed by atoms with Crippen LogP contribution >= 0.6 is 11.6 Å². The molecule has 1 atom stereocenters. The fraction of sp³-hybridized carbons (Fsp3) is 0.182. The average molecular weight is 410 g/mol. The maximum Gasteiger partial charge on any atom is 0.262 e. The van der Waals surface area contributed by atoms with Gasteiger partial charge in [0.1, 0.15) is 11.5 Å². The number of anilines is 2. The summed E-state index contributed by atoms with van der Waals surface area (Å²) in [5.74, 6) is 1.12. The van der Waals surface area contributed by atoms with Gasteiger partial charge in [-0.15, -0.1) is 0 Å². The normalized spacial score (nSPS) is 15.2. The van der Waals surface area contributed by atoms with E-state index in [0.717, 1.165) is 11.3 Å². The molecule has 7 heteroatoms. The van der Waals surface area contributed by atoms with Crippen molar-refractivity contribution in [2.75, 3.05) is 24.4 Å². The Hall–Kier alpha value is -3.25. The number of pyridine rings is 1. The summed E-state index contributed by atoms with van der Waals surface area (Å²) in [7, 11) is 3.18. The highest BCUT2D eigenvalue weighted by Gasteiger charge is 2.39.